The lowest BCUT2D eigenvalue weighted by Crippen LogP contribution is -2.33. The van der Waals surface area contributed by atoms with E-state index < -0.39 is 5.91 Å². The number of methoxy groups -OCH3 is 1. The molecule has 2 aromatic heterocycles. The maximum Gasteiger partial charge on any atom is 0.254 e. The first-order valence-electron chi connectivity index (χ1n) is 8.48. The maximum absolute atomic E-state index is 11.8. The fraction of sp³-hybridized carbons (Fsp3) is 0.278. The Morgan fingerprint density at radius 3 is 2.96 bits per heavy atom. The number of benzene rings is 1. The zero-order chi connectivity index (χ0) is 19.4. The molecule has 9 heteroatoms. The lowest BCUT2D eigenvalue weighted by Gasteiger charge is -2.14. The number of nitrogens with two attached hydrogens (primary N) is 2. The normalized spacial score (nSPS) is 12.1. The molecule has 0 bridgehead atoms. The van der Waals surface area contributed by atoms with E-state index in [0.29, 0.717) is 24.9 Å². The molecule has 3 rings (SSSR count). The van der Waals surface area contributed by atoms with E-state index in [-0.39, 0.29) is 11.6 Å². The van der Waals surface area contributed by atoms with Gasteiger partial charge in [-0.2, -0.15) is 4.98 Å². The Bertz CT molecular complexity index is 954. The molecule has 0 saturated carbocycles. The number of fused-ring (bicyclic) bond motifs is 1. The third-order valence-corrected chi connectivity index (χ3v) is 4.01. The first kappa shape index (κ1) is 18.6. The van der Waals surface area contributed by atoms with Gasteiger partial charge in [0, 0.05) is 48.2 Å². The second-order valence-corrected chi connectivity index (χ2v) is 6.26. The van der Waals surface area contributed by atoms with Gasteiger partial charge >= 0.3 is 0 Å². The summed E-state index contributed by atoms with van der Waals surface area (Å²) in [6.45, 7) is 2.82. The van der Waals surface area contributed by atoms with Crippen LogP contribution in [-0.2, 0) is 4.74 Å². The highest BCUT2D eigenvalue weighted by Gasteiger charge is 2.14. The fourth-order valence-corrected chi connectivity index (χ4v) is 2.77. The number of H-pyrrole nitrogens is 1. The van der Waals surface area contributed by atoms with Crippen LogP contribution in [-0.4, -0.2) is 47.2 Å². The Hall–Kier alpha value is -3.17. The van der Waals surface area contributed by atoms with Crippen molar-refractivity contribution in [1.82, 2.24) is 15.0 Å². The number of primary amides is 1. The minimum absolute atomic E-state index is 0.200. The van der Waals surface area contributed by atoms with Crippen LogP contribution in [0.5, 0.6) is 0 Å². The molecule has 1 aromatic carbocycles. The van der Waals surface area contributed by atoms with Gasteiger partial charge in [0.15, 0.2) is 0 Å². The van der Waals surface area contributed by atoms with Crippen molar-refractivity contribution in [3.05, 3.63) is 41.7 Å². The summed E-state index contributed by atoms with van der Waals surface area (Å²) in [6.07, 6.45) is 1.39. The van der Waals surface area contributed by atoms with E-state index in [1.807, 2.05) is 31.2 Å². The van der Waals surface area contributed by atoms with Crippen LogP contribution >= 0.6 is 0 Å². The molecule has 0 fully saturated rings. The number of anilines is 3. The van der Waals surface area contributed by atoms with Crippen molar-refractivity contribution < 1.29 is 9.53 Å². The van der Waals surface area contributed by atoms with Gasteiger partial charge < -0.3 is 31.8 Å². The minimum Gasteiger partial charge on any atom is -0.383 e. The number of hydrogen-bond donors (Lipinski definition) is 5. The SMILES string of the molecule is COCC(N)CNc1ncc(C(N)=O)c(Nc2cccc3[nH]c(C)cc23)n1. The molecule has 0 spiro atoms. The molecule has 7 N–H and O–H groups in total. The lowest BCUT2D eigenvalue weighted by molar-refractivity contribution is 0.100. The molecule has 27 heavy (non-hydrogen) atoms. The Kier molecular flexibility index (Phi) is 5.53. The largest absolute Gasteiger partial charge is 0.383 e. The molecular weight excluding hydrogens is 346 g/mol. The number of carbonyl (C=O) groups excluding carboxylic acids is 1. The van der Waals surface area contributed by atoms with Gasteiger partial charge in [-0.3, -0.25) is 4.79 Å². The van der Waals surface area contributed by atoms with Crippen molar-refractivity contribution in [2.45, 2.75) is 13.0 Å². The van der Waals surface area contributed by atoms with Crippen molar-refractivity contribution in [3.63, 3.8) is 0 Å². The monoisotopic (exact) mass is 369 g/mol. The minimum atomic E-state index is -0.613. The second-order valence-electron chi connectivity index (χ2n) is 6.26. The first-order valence-corrected chi connectivity index (χ1v) is 8.48. The van der Waals surface area contributed by atoms with E-state index in [1.54, 1.807) is 7.11 Å². The summed E-state index contributed by atoms with van der Waals surface area (Å²) in [5.74, 6) is 0.0516. The van der Waals surface area contributed by atoms with Crippen LogP contribution in [0.4, 0.5) is 17.5 Å². The Morgan fingerprint density at radius 1 is 1.41 bits per heavy atom. The standard InChI is InChI=1S/C18H23N7O2/c1-10-6-12-14(23-10)4-3-5-15(12)24-17-13(16(20)26)8-22-18(25-17)21-7-11(19)9-27-2/h3-6,8,11,23H,7,9,19H2,1-2H3,(H2,20,26)(H2,21,22,24,25). The van der Waals surface area contributed by atoms with E-state index >= 15 is 0 Å². The van der Waals surface area contributed by atoms with Crippen LogP contribution in [0.25, 0.3) is 10.9 Å². The number of aromatic nitrogens is 3. The molecule has 0 saturated heterocycles. The number of nitrogens with zero attached hydrogens (tertiary/aromatic N) is 2. The third kappa shape index (κ3) is 4.33. The number of amides is 1. The van der Waals surface area contributed by atoms with Gasteiger partial charge in [-0.05, 0) is 25.1 Å². The predicted octanol–water partition coefficient (Wildman–Crippen LogP) is 1.49. The average Bonchev–Trinajstić information content (AvgIpc) is 3.01. The third-order valence-electron chi connectivity index (χ3n) is 4.01. The number of ether oxygens (including phenoxy) is 1. The van der Waals surface area contributed by atoms with Crippen molar-refractivity contribution in [3.8, 4) is 0 Å². The number of nitrogens with one attached hydrogen (secondary N) is 3. The maximum atomic E-state index is 11.8. The molecular formula is C18H23N7O2. The zero-order valence-corrected chi connectivity index (χ0v) is 15.2. The van der Waals surface area contributed by atoms with Crippen LogP contribution in [0.1, 0.15) is 16.1 Å². The molecule has 142 valence electrons. The van der Waals surface area contributed by atoms with Gasteiger partial charge in [0.2, 0.25) is 5.95 Å². The van der Waals surface area contributed by atoms with Gasteiger partial charge in [0.05, 0.1) is 6.61 Å². The summed E-state index contributed by atoms with van der Waals surface area (Å²) in [6, 6.07) is 7.61. The predicted molar refractivity (Wildman–Crippen MR) is 105 cm³/mol. The Labute approximate surface area is 156 Å². The van der Waals surface area contributed by atoms with Crippen LogP contribution in [0.2, 0.25) is 0 Å². The number of rotatable bonds is 8. The van der Waals surface area contributed by atoms with Gasteiger partial charge in [-0.25, -0.2) is 4.98 Å². The topological polar surface area (TPSA) is 144 Å². The van der Waals surface area contributed by atoms with E-state index in [9.17, 15) is 4.79 Å². The molecule has 1 amide bonds. The van der Waals surface area contributed by atoms with Gasteiger partial charge in [-0.15, -0.1) is 0 Å². The number of aryl methyl sites for hydroxylation is 1. The Balaban J connectivity index is 1.89. The molecule has 1 unspecified atom stereocenters. The highest BCUT2D eigenvalue weighted by atomic mass is 16.5. The zero-order valence-electron chi connectivity index (χ0n) is 15.2. The molecule has 9 nitrogen and oxygen atoms in total. The molecule has 0 aliphatic heterocycles. The van der Waals surface area contributed by atoms with Crippen LogP contribution in [0.3, 0.4) is 0 Å². The van der Waals surface area contributed by atoms with E-state index in [2.05, 4.69) is 25.6 Å². The van der Waals surface area contributed by atoms with Gasteiger partial charge in [0.25, 0.3) is 5.91 Å². The number of hydrogen-bond acceptors (Lipinski definition) is 7. The molecule has 0 radical (unpaired) electrons. The van der Waals surface area contributed by atoms with E-state index in [1.165, 1.54) is 6.20 Å². The van der Waals surface area contributed by atoms with Crippen LogP contribution in [0, 0.1) is 6.92 Å². The Morgan fingerprint density at radius 2 is 2.22 bits per heavy atom. The summed E-state index contributed by atoms with van der Waals surface area (Å²) in [4.78, 5) is 23.6. The van der Waals surface area contributed by atoms with Crippen molar-refractivity contribution >= 4 is 34.3 Å². The van der Waals surface area contributed by atoms with Crippen LogP contribution in [0.15, 0.2) is 30.5 Å². The van der Waals surface area contributed by atoms with E-state index in [0.717, 1.165) is 22.3 Å². The average molecular weight is 369 g/mol. The van der Waals surface area contributed by atoms with Crippen molar-refractivity contribution in [2.24, 2.45) is 11.5 Å². The second kappa shape index (κ2) is 8.02. The van der Waals surface area contributed by atoms with Gasteiger partial charge in [-0.1, -0.05) is 6.07 Å². The highest BCUT2D eigenvalue weighted by Crippen LogP contribution is 2.28. The molecule has 1 atom stereocenters. The quantitative estimate of drug-likeness (QED) is 0.404. The summed E-state index contributed by atoms with van der Waals surface area (Å²) < 4.78 is 5.01. The smallest absolute Gasteiger partial charge is 0.254 e. The first-order chi connectivity index (χ1) is 13.0. The highest BCUT2D eigenvalue weighted by molar-refractivity contribution is 6.00. The molecule has 0 aliphatic carbocycles. The lowest BCUT2D eigenvalue weighted by atomic mass is 10.2. The number of aromatic amines is 1. The van der Waals surface area contributed by atoms with Crippen LogP contribution < -0.4 is 22.1 Å². The summed E-state index contributed by atoms with van der Waals surface area (Å²) >= 11 is 0. The summed E-state index contributed by atoms with van der Waals surface area (Å²) in [5, 5.41) is 7.22. The molecule has 2 heterocycles. The number of carbonyl (C=O) groups is 1. The molecule has 0 aliphatic rings. The van der Waals surface area contributed by atoms with Crippen molar-refractivity contribution in [1.29, 1.82) is 0 Å². The fourth-order valence-electron chi connectivity index (χ4n) is 2.77. The summed E-state index contributed by atoms with van der Waals surface area (Å²) in [5.41, 5.74) is 14.4. The summed E-state index contributed by atoms with van der Waals surface area (Å²) in [7, 11) is 1.59. The van der Waals surface area contributed by atoms with E-state index in [4.69, 9.17) is 16.2 Å². The molecule has 3 aromatic rings. The van der Waals surface area contributed by atoms with Crippen molar-refractivity contribution in [2.75, 3.05) is 30.9 Å². The van der Waals surface area contributed by atoms with Gasteiger partial charge in [0.1, 0.15) is 11.4 Å².